The van der Waals surface area contributed by atoms with Gasteiger partial charge >= 0.3 is 5.97 Å². The molecule has 0 heterocycles. The van der Waals surface area contributed by atoms with Crippen molar-refractivity contribution in [1.29, 1.82) is 0 Å². The first-order chi connectivity index (χ1) is 6.04. The Balaban J connectivity index is 2.36. The second kappa shape index (κ2) is 3.66. The van der Waals surface area contributed by atoms with Gasteiger partial charge in [-0.1, -0.05) is 13.8 Å². The Kier molecular flexibility index (Phi) is 2.96. The molecule has 2 unspecified atom stereocenters. The third-order valence-electron chi connectivity index (χ3n) is 3.18. The zero-order valence-electron chi connectivity index (χ0n) is 8.54. The molecule has 13 heavy (non-hydrogen) atoms. The van der Waals surface area contributed by atoms with Crippen molar-refractivity contribution in [2.24, 2.45) is 17.3 Å². The van der Waals surface area contributed by atoms with Crippen molar-refractivity contribution in [1.82, 2.24) is 0 Å². The summed E-state index contributed by atoms with van der Waals surface area (Å²) in [7, 11) is 0. The summed E-state index contributed by atoms with van der Waals surface area (Å²) in [4.78, 5) is 11.1. The van der Waals surface area contributed by atoms with Crippen molar-refractivity contribution >= 4 is 5.97 Å². The third kappa shape index (κ3) is 2.02. The number of hydrogen-bond donors (Lipinski definition) is 1. The molecule has 0 bridgehead atoms. The van der Waals surface area contributed by atoms with Crippen LogP contribution < -0.4 is 0 Å². The molecule has 0 aromatic carbocycles. The van der Waals surface area contributed by atoms with E-state index in [-0.39, 0.29) is 23.9 Å². The van der Waals surface area contributed by atoms with Crippen molar-refractivity contribution in [2.45, 2.75) is 27.2 Å². The number of rotatable bonds is 4. The van der Waals surface area contributed by atoms with Crippen molar-refractivity contribution in [3.63, 3.8) is 0 Å². The number of aliphatic hydroxyl groups excluding tert-OH is 1. The lowest BCUT2D eigenvalue weighted by molar-refractivity contribution is -0.143. The Labute approximate surface area is 79.1 Å². The van der Waals surface area contributed by atoms with E-state index in [2.05, 4.69) is 13.8 Å². The van der Waals surface area contributed by atoms with Crippen LogP contribution in [0.4, 0.5) is 0 Å². The summed E-state index contributed by atoms with van der Waals surface area (Å²) in [5.41, 5.74) is 0.113. The molecule has 1 saturated carbocycles. The summed E-state index contributed by atoms with van der Waals surface area (Å²) in [5, 5.41) is 9.00. The highest BCUT2D eigenvalue weighted by atomic mass is 16.5. The molecule has 1 fully saturated rings. The SMILES string of the molecule is CCOC(=O)CC1C(CO)C1(C)C. The van der Waals surface area contributed by atoms with E-state index < -0.39 is 0 Å². The molecule has 0 amide bonds. The normalized spacial score (nSPS) is 29.8. The minimum absolute atomic E-state index is 0.113. The lowest BCUT2D eigenvalue weighted by Gasteiger charge is -2.02. The Hall–Kier alpha value is -0.570. The Morgan fingerprint density at radius 1 is 1.46 bits per heavy atom. The van der Waals surface area contributed by atoms with E-state index in [4.69, 9.17) is 9.84 Å². The molecule has 2 atom stereocenters. The van der Waals surface area contributed by atoms with Crippen LogP contribution in [0.25, 0.3) is 0 Å². The summed E-state index contributed by atoms with van der Waals surface area (Å²) >= 11 is 0. The Bertz CT molecular complexity index is 198. The van der Waals surface area contributed by atoms with Crippen LogP contribution >= 0.6 is 0 Å². The van der Waals surface area contributed by atoms with Crippen LogP contribution in [-0.2, 0) is 9.53 Å². The van der Waals surface area contributed by atoms with Crippen LogP contribution in [0.3, 0.4) is 0 Å². The van der Waals surface area contributed by atoms with Gasteiger partial charge in [0.05, 0.1) is 6.61 Å². The Morgan fingerprint density at radius 2 is 2.08 bits per heavy atom. The molecule has 0 aliphatic heterocycles. The van der Waals surface area contributed by atoms with Gasteiger partial charge in [0.15, 0.2) is 0 Å². The van der Waals surface area contributed by atoms with Gasteiger partial charge in [-0.05, 0) is 24.2 Å². The molecule has 1 N–H and O–H groups in total. The van der Waals surface area contributed by atoms with Crippen molar-refractivity contribution in [2.75, 3.05) is 13.2 Å². The molecule has 0 saturated heterocycles. The molecule has 0 aromatic heterocycles. The zero-order valence-corrected chi connectivity index (χ0v) is 8.54. The number of ether oxygens (including phenoxy) is 1. The summed E-state index contributed by atoms with van der Waals surface area (Å²) < 4.78 is 4.86. The highest BCUT2D eigenvalue weighted by molar-refractivity contribution is 5.70. The minimum Gasteiger partial charge on any atom is -0.466 e. The molecule has 0 spiro atoms. The van der Waals surface area contributed by atoms with Gasteiger partial charge in [-0.25, -0.2) is 0 Å². The van der Waals surface area contributed by atoms with E-state index in [0.717, 1.165) is 0 Å². The quantitative estimate of drug-likeness (QED) is 0.671. The van der Waals surface area contributed by atoms with Crippen molar-refractivity contribution in [3.8, 4) is 0 Å². The summed E-state index contributed by atoms with van der Waals surface area (Å²) in [6.45, 7) is 6.59. The van der Waals surface area contributed by atoms with Gasteiger partial charge < -0.3 is 9.84 Å². The molecule has 0 aromatic rings. The average molecular weight is 186 g/mol. The first kappa shape index (κ1) is 10.5. The van der Waals surface area contributed by atoms with E-state index >= 15 is 0 Å². The minimum atomic E-state index is -0.142. The fourth-order valence-corrected chi connectivity index (χ4v) is 2.02. The van der Waals surface area contributed by atoms with Crippen molar-refractivity contribution < 1.29 is 14.6 Å². The van der Waals surface area contributed by atoms with Crippen LogP contribution in [0, 0.1) is 17.3 Å². The van der Waals surface area contributed by atoms with Crippen LogP contribution in [0.15, 0.2) is 0 Å². The molecule has 76 valence electrons. The predicted octanol–water partition coefficient (Wildman–Crippen LogP) is 1.20. The van der Waals surface area contributed by atoms with Gasteiger partial charge in [-0.2, -0.15) is 0 Å². The largest absolute Gasteiger partial charge is 0.466 e. The third-order valence-corrected chi connectivity index (χ3v) is 3.18. The number of hydrogen-bond acceptors (Lipinski definition) is 3. The van der Waals surface area contributed by atoms with Gasteiger partial charge in [0.2, 0.25) is 0 Å². The van der Waals surface area contributed by atoms with Gasteiger partial charge in [0, 0.05) is 13.0 Å². The van der Waals surface area contributed by atoms with Gasteiger partial charge in [0.25, 0.3) is 0 Å². The standard InChI is InChI=1S/C10H18O3/c1-4-13-9(12)5-7-8(6-11)10(7,2)3/h7-8,11H,4-6H2,1-3H3. The van der Waals surface area contributed by atoms with Crippen LogP contribution in [0.1, 0.15) is 27.2 Å². The molecule has 0 radical (unpaired) electrons. The van der Waals surface area contributed by atoms with Crippen LogP contribution in [0.2, 0.25) is 0 Å². The van der Waals surface area contributed by atoms with E-state index in [1.165, 1.54) is 0 Å². The van der Waals surface area contributed by atoms with Gasteiger partial charge in [-0.15, -0.1) is 0 Å². The van der Waals surface area contributed by atoms with Gasteiger partial charge in [0.1, 0.15) is 0 Å². The smallest absolute Gasteiger partial charge is 0.306 e. The summed E-state index contributed by atoms with van der Waals surface area (Å²) in [5.74, 6) is 0.435. The molecule has 3 heteroatoms. The molecule has 3 nitrogen and oxygen atoms in total. The lowest BCUT2D eigenvalue weighted by atomic mass is 10.1. The van der Waals surface area contributed by atoms with E-state index in [0.29, 0.717) is 18.9 Å². The van der Waals surface area contributed by atoms with Gasteiger partial charge in [-0.3, -0.25) is 4.79 Å². The summed E-state index contributed by atoms with van der Waals surface area (Å²) in [6.07, 6.45) is 0.450. The maximum atomic E-state index is 11.1. The van der Waals surface area contributed by atoms with Crippen LogP contribution in [-0.4, -0.2) is 24.3 Å². The van der Waals surface area contributed by atoms with E-state index in [1.54, 1.807) is 6.92 Å². The molecular weight excluding hydrogens is 168 g/mol. The maximum absolute atomic E-state index is 11.1. The molecule has 1 aliphatic carbocycles. The monoisotopic (exact) mass is 186 g/mol. The van der Waals surface area contributed by atoms with Crippen molar-refractivity contribution in [3.05, 3.63) is 0 Å². The Morgan fingerprint density at radius 3 is 2.46 bits per heavy atom. The average Bonchev–Trinajstić information content (AvgIpc) is 2.53. The maximum Gasteiger partial charge on any atom is 0.306 e. The fraction of sp³-hybridized carbons (Fsp3) is 0.900. The highest BCUT2D eigenvalue weighted by Crippen LogP contribution is 2.59. The zero-order chi connectivity index (χ0) is 10.1. The number of carbonyl (C=O) groups excluding carboxylic acids is 1. The molecule has 1 aliphatic rings. The predicted molar refractivity (Wildman–Crippen MR) is 49.1 cm³/mol. The number of aliphatic hydroxyl groups is 1. The van der Waals surface area contributed by atoms with E-state index in [1.807, 2.05) is 0 Å². The summed E-state index contributed by atoms with van der Waals surface area (Å²) in [6, 6.07) is 0. The second-order valence-electron chi connectivity index (χ2n) is 4.23. The van der Waals surface area contributed by atoms with E-state index in [9.17, 15) is 4.79 Å². The fourth-order valence-electron chi connectivity index (χ4n) is 2.02. The molecule has 1 rings (SSSR count). The lowest BCUT2D eigenvalue weighted by Crippen LogP contribution is -2.06. The number of carbonyl (C=O) groups is 1. The van der Waals surface area contributed by atoms with Crippen LogP contribution in [0.5, 0.6) is 0 Å². The molecular formula is C10H18O3. The first-order valence-corrected chi connectivity index (χ1v) is 4.80. The highest BCUT2D eigenvalue weighted by Gasteiger charge is 2.57. The second-order valence-corrected chi connectivity index (χ2v) is 4.23. The first-order valence-electron chi connectivity index (χ1n) is 4.80. The topological polar surface area (TPSA) is 46.5 Å². The number of esters is 1.